The molecule has 0 bridgehead atoms. The first-order valence-electron chi connectivity index (χ1n) is 5.76. The van der Waals surface area contributed by atoms with Crippen molar-refractivity contribution in [3.05, 3.63) is 69.2 Å². The van der Waals surface area contributed by atoms with Crippen LogP contribution in [-0.2, 0) is 0 Å². The van der Waals surface area contributed by atoms with Gasteiger partial charge in [0.25, 0.3) is 0 Å². The van der Waals surface area contributed by atoms with Gasteiger partial charge in [0.05, 0.1) is 5.38 Å². The minimum Gasteiger partial charge on any atom is -0.207 e. The lowest BCUT2D eigenvalue weighted by Crippen LogP contribution is -2.01. The van der Waals surface area contributed by atoms with Crippen LogP contribution in [0.2, 0.25) is 5.02 Å². The van der Waals surface area contributed by atoms with E-state index < -0.39 is 17.0 Å². The Morgan fingerprint density at radius 2 is 1.68 bits per heavy atom. The van der Waals surface area contributed by atoms with E-state index in [0.29, 0.717) is 10.6 Å². The van der Waals surface area contributed by atoms with E-state index in [9.17, 15) is 8.78 Å². The maximum atomic E-state index is 13.9. The highest BCUT2D eigenvalue weighted by molar-refractivity contribution is 6.31. The Morgan fingerprint density at radius 3 is 2.37 bits per heavy atom. The molecule has 0 radical (unpaired) electrons. The van der Waals surface area contributed by atoms with Crippen molar-refractivity contribution < 1.29 is 8.78 Å². The molecule has 0 N–H and O–H groups in total. The predicted molar refractivity (Wildman–Crippen MR) is 75.0 cm³/mol. The van der Waals surface area contributed by atoms with Crippen molar-refractivity contribution in [1.29, 1.82) is 0 Å². The smallest absolute Gasteiger partial charge is 0.128 e. The summed E-state index contributed by atoms with van der Waals surface area (Å²) in [6, 6.07) is 7.53. The number of rotatable bonds is 2. The Bertz CT molecular complexity index is 624. The maximum absolute atomic E-state index is 13.9. The van der Waals surface area contributed by atoms with Gasteiger partial charge in [-0.15, -0.1) is 11.6 Å². The fraction of sp³-hybridized carbons (Fsp3) is 0.200. The molecule has 0 aliphatic rings. The van der Waals surface area contributed by atoms with E-state index in [0.717, 1.165) is 17.7 Å². The van der Waals surface area contributed by atoms with Crippen LogP contribution in [0.5, 0.6) is 0 Å². The second kappa shape index (κ2) is 5.48. The van der Waals surface area contributed by atoms with E-state index in [1.807, 2.05) is 0 Å². The lowest BCUT2D eigenvalue weighted by molar-refractivity contribution is 0.580. The van der Waals surface area contributed by atoms with E-state index in [2.05, 4.69) is 0 Å². The van der Waals surface area contributed by atoms with E-state index in [1.54, 1.807) is 25.1 Å². The molecule has 0 saturated heterocycles. The summed E-state index contributed by atoms with van der Waals surface area (Å²) >= 11 is 12.3. The average Bonchev–Trinajstić information content (AvgIpc) is 2.36. The molecule has 100 valence electrons. The van der Waals surface area contributed by atoms with Crippen LogP contribution in [0.15, 0.2) is 30.3 Å². The highest BCUT2D eigenvalue weighted by Crippen LogP contribution is 2.35. The van der Waals surface area contributed by atoms with Gasteiger partial charge in [-0.05, 0) is 48.7 Å². The molecule has 1 atom stereocenters. The van der Waals surface area contributed by atoms with E-state index in [-0.39, 0.29) is 11.1 Å². The quantitative estimate of drug-likeness (QED) is 0.637. The van der Waals surface area contributed by atoms with Gasteiger partial charge in [0.15, 0.2) is 0 Å². The van der Waals surface area contributed by atoms with Gasteiger partial charge >= 0.3 is 0 Å². The third kappa shape index (κ3) is 2.75. The first kappa shape index (κ1) is 14.3. The van der Waals surface area contributed by atoms with Crippen LogP contribution in [0.3, 0.4) is 0 Å². The van der Waals surface area contributed by atoms with Crippen molar-refractivity contribution in [3.8, 4) is 0 Å². The molecule has 4 heteroatoms. The lowest BCUT2D eigenvalue weighted by atomic mass is 9.98. The second-order valence-corrected chi connectivity index (χ2v) is 5.28. The van der Waals surface area contributed by atoms with Crippen LogP contribution in [-0.4, -0.2) is 0 Å². The molecule has 2 rings (SSSR count). The van der Waals surface area contributed by atoms with Crippen molar-refractivity contribution >= 4 is 23.2 Å². The molecule has 0 amide bonds. The molecule has 0 aliphatic carbocycles. The Labute approximate surface area is 121 Å². The molecule has 0 spiro atoms. The largest absolute Gasteiger partial charge is 0.207 e. The Morgan fingerprint density at radius 1 is 1.00 bits per heavy atom. The fourth-order valence-electron chi connectivity index (χ4n) is 1.92. The standard InChI is InChI=1S/C15H12Cl2F2/c1-8-6-14(19)11(7-13(8)18)15(17)10-4-3-5-12(16)9(10)2/h3-7,15H,1-2H3. The average molecular weight is 301 g/mol. The van der Waals surface area contributed by atoms with Gasteiger partial charge in [-0.1, -0.05) is 23.7 Å². The monoisotopic (exact) mass is 300 g/mol. The van der Waals surface area contributed by atoms with Crippen LogP contribution in [0.1, 0.15) is 27.6 Å². The summed E-state index contributed by atoms with van der Waals surface area (Å²) in [5.74, 6) is -0.986. The lowest BCUT2D eigenvalue weighted by Gasteiger charge is -2.15. The van der Waals surface area contributed by atoms with Gasteiger partial charge in [0.1, 0.15) is 11.6 Å². The molecule has 0 nitrogen and oxygen atoms in total. The third-order valence-electron chi connectivity index (χ3n) is 3.13. The highest BCUT2D eigenvalue weighted by atomic mass is 35.5. The summed E-state index contributed by atoms with van der Waals surface area (Å²) in [5, 5.41) is -0.218. The zero-order valence-corrected chi connectivity index (χ0v) is 12.0. The molecule has 0 saturated carbocycles. The number of benzene rings is 2. The number of hydrogen-bond acceptors (Lipinski definition) is 0. The minimum atomic E-state index is -0.770. The van der Waals surface area contributed by atoms with Crippen molar-refractivity contribution in [3.63, 3.8) is 0 Å². The minimum absolute atomic E-state index is 0.120. The highest BCUT2D eigenvalue weighted by Gasteiger charge is 2.19. The number of hydrogen-bond donors (Lipinski definition) is 0. The Kier molecular flexibility index (Phi) is 4.12. The van der Waals surface area contributed by atoms with Gasteiger partial charge in [0, 0.05) is 10.6 Å². The van der Waals surface area contributed by atoms with Crippen LogP contribution < -0.4 is 0 Å². The molecular weight excluding hydrogens is 289 g/mol. The molecule has 2 aromatic rings. The molecule has 19 heavy (non-hydrogen) atoms. The Balaban J connectivity index is 2.53. The zero-order valence-electron chi connectivity index (χ0n) is 10.5. The van der Waals surface area contributed by atoms with Gasteiger partial charge in [0.2, 0.25) is 0 Å². The summed E-state index contributed by atoms with van der Waals surface area (Å²) < 4.78 is 27.5. The molecule has 0 heterocycles. The van der Waals surface area contributed by atoms with Gasteiger partial charge < -0.3 is 0 Å². The maximum Gasteiger partial charge on any atom is 0.128 e. The first-order valence-corrected chi connectivity index (χ1v) is 6.58. The topological polar surface area (TPSA) is 0 Å². The van der Waals surface area contributed by atoms with Crippen molar-refractivity contribution in [2.45, 2.75) is 19.2 Å². The van der Waals surface area contributed by atoms with Gasteiger partial charge in [-0.2, -0.15) is 0 Å². The molecule has 1 unspecified atom stereocenters. The van der Waals surface area contributed by atoms with Crippen molar-refractivity contribution in [2.24, 2.45) is 0 Å². The van der Waals surface area contributed by atoms with Gasteiger partial charge in [-0.3, -0.25) is 0 Å². The predicted octanol–water partition coefficient (Wildman–Crippen LogP) is 5.56. The molecule has 0 aliphatic heterocycles. The van der Waals surface area contributed by atoms with E-state index in [1.165, 1.54) is 6.92 Å². The molecule has 0 aromatic heterocycles. The first-order chi connectivity index (χ1) is 8.91. The second-order valence-electron chi connectivity index (χ2n) is 4.44. The third-order valence-corrected chi connectivity index (χ3v) is 4.01. The van der Waals surface area contributed by atoms with E-state index >= 15 is 0 Å². The Hall–Kier alpha value is -1.12. The van der Waals surface area contributed by atoms with Crippen LogP contribution >= 0.6 is 23.2 Å². The summed E-state index contributed by atoms with van der Waals surface area (Å²) in [6.45, 7) is 3.31. The normalized spacial score (nSPS) is 12.5. The van der Waals surface area contributed by atoms with Crippen molar-refractivity contribution in [2.75, 3.05) is 0 Å². The number of halogens is 4. The van der Waals surface area contributed by atoms with Crippen LogP contribution in [0.25, 0.3) is 0 Å². The summed E-state index contributed by atoms with van der Waals surface area (Å²) in [7, 11) is 0. The molecular formula is C15H12Cl2F2. The van der Waals surface area contributed by atoms with E-state index in [4.69, 9.17) is 23.2 Å². The van der Waals surface area contributed by atoms with Crippen molar-refractivity contribution in [1.82, 2.24) is 0 Å². The fourth-order valence-corrected chi connectivity index (χ4v) is 2.51. The SMILES string of the molecule is Cc1cc(F)c(C(Cl)c2cccc(Cl)c2C)cc1F. The summed E-state index contributed by atoms with van der Waals surface area (Å²) in [4.78, 5) is 0. The van der Waals surface area contributed by atoms with Crippen LogP contribution in [0, 0.1) is 25.5 Å². The van der Waals surface area contributed by atoms with Crippen LogP contribution in [0.4, 0.5) is 8.78 Å². The molecule has 2 aromatic carbocycles. The molecule has 0 fully saturated rings. The van der Waals surface area contributed by atoms with Gasteiger partial charge in [-0.25, -0.2) is 8.78 Å². The number of aryl methyl sites for hydroxylation is 1. The number of alkyl halides is 1. The summed E-state index contributed by atoms with van der Waals surface area (Å²) in [5.41, 5.74) is 1.82. The summed E-state index contributed by atoms with van der Waals surface area (Å²) in [6.07, 6.45) is 0. The zero-order chi connectivity index (χ0) is 14.2.